The Bertz CT molecular complexity index is 402. The average molecular weight is 230 g/mol. The van der Waals surface area contributed by atoms with E-state index in [4.69, 9.17) is 11.0 Å². The van der Waals surface area contributed by atoms with Gasteiger partial charge in [-0.15, -0.1) is 0 Å². The molecule has 0 radical (unpaired) electrons. The van der Waals surface area contributed by atoms with Crippen molar-refractivity contribution in [2.24, 2.45) is 11.7 Å². The molecule has 2 N–H and O–H groups in total. The highest BCUT2D eigenvalue weighted by atomic mass is 15.1. The molecule has 0 saturated carbocycles. The van der Waals surface area contributed by atoms with E-state index in [-0.39, 0.29) is 0 Å². The van der Waals surface area contributed by atoms with Crippen molar-refractivity contribution in [2.45, 2.75) is 19.3 Å². The van der Waals surface area contributed by atoms with Gasteiger partial charge in [-0.1, -0.05) is 0 Å². The van der Waals surface area contributed by atoms with Gasteiger partial charge in [-0.05, 0) is 43.9 Å². The van der Waals surface area contributed by atoms with Crippen LogP contribution in [-0.2, 0) is 0 Å². The molecule has 0 aliphatic carbocycles. The Morgan fingerprint density at radius 2 is 2.24 bits per heavy atom. The van der Waals surface area contributed by atoms with E-state index in [1.807, 2.05) is 12.1 Å². The van der Waals surface area contributed by atoms with Crippen molar-refractivity contribution in [1.82, 2.24) is 4.98 Å². The molecular formula is C13H18N4. The average Bonchev–Trinajstić information content (AvgIpc) is 2.40. The fraction of sp³-hybridized carbons (Fsp3) is 0.538. The first-order valence-corrected chi connectivity index (χ1v) is 6.14. The van der Waals surface area contributed by atoms with Crippen molar-refractivity contribution in [1.29, 1.82) is 5.26 Å². The highest BCUT2D eigenvalue weighted by Crippen LogP contribution is 2.24. The third-order valence-corrected chi connectivity index (χ3v) is 3.41. The second-order valence-electron chi connectivity index (χ2n) is 4.52. The largest absolute Gasteiger partial charge is 0.371 e. The van der Waals surface area contributed by atoms with Crippen LogP contribution in [0, 0.1) is 17.2 Å². The molecule has 4 heteroatoms. The Balaban J connectivity index is 1.98. The van der Waals surface area contributed by atoms with Crippen LogP contribution in [0.15, 0.2) is 18.3 Å². The molecule has 0 atom stereocenters. The summed E-state index contributed by atoms with van der Waals surface area (Å²) in [6.45, 7) is 2.90. The van der Waals surface area contributed by atoms with E-state index in [0.29, 0.717) is 5.69 Å². The normalized spacial score (nSPS) is 16.8. The molecule has 0 amide bonds. The van der Waals surface area contributed by atoms with E-state index in [2.05, 4.69) is 16.0 Å². The predicted octanol–water partition coefficient (Wildman–Crippen LogP) is 1.52. The lowest BCUT2D eigenvalue weighted by Crippen LogP contribution is -2.34. The van der Waals surface area contributed by atoms with Crippen LogP contribution < -0.4 is 10.6 Å². The van der Waals surface area contributed by atoms with Gasteiger partial charge in [0.15, 0.2) is 0 Å². The van der Waals surface area contributed by atoms with E-state index in [1.165, 1.54) is 12.8 Å². The summed E-state index contributed by atoms with van der Waals surface area (Å²) in [5.74, 6) is 0.772. The molecule has 1 aliphatic heterocycles. The second kappa shape index (κ2) is 5.65. The Labute approximate surface area is 102 Å². The first kappa shape index (κ1) is 11.9. The SMILES string of the molecule is N#Cc1cc(N2CCC(CCN)CC2)ccn1. The van der Waals surface area contributed by atoms with Gasteiger partial charge in [0, 0.05) is 25.0 Å². The smallest absolute Gasteiger partial charge is 0.142 e. The number of rotatable bonds is 3. The fourth-order valence-corrected chi connectivity index (χ4v) is 2.39. The maximum Gasteiger partial charge on any atom is 0.142 e. The van der Waals surface area contributed by atoms with Crippen molar-refractivity contribution < 1.29 is 0 Å². The lowest BCUT2D eigenvalue weighted by Gasteiger charge is -2.33. The molecule has 1 saturated heterocycles. The monoisotopic (exact) mass is 230 g/mol. The molecule has 0 spiro atoms. The molecule has 1 aromatic heterocycles. The molecular weight excluding hydrogens is 212 g/mol. The molecule has 1 aliphatic rings. The predicted molar refractivity (Wildman–Crippen MR) is 67.6 cm³/mol. The summed E-state index contributed by atoms with van der Waals surface area (Å²) in [6, 6.07) is 5.92. The molecule has 4 nitrogen and oxygen atoms in total. The Hall–Kier alpha value is -1.60. The number of hydrogen-bond donors (Lipinski definition) is 1. The molecule has 1 fully saturated rings. The summed E-state index contributed by atoms with van der Waals surface area (Å²) in [6.07, 6.45) is 5.23. The zero-order valence-electron chi connectivity index (χ0n) is 9.97. The summed E-state index contributed by atoms with van der Waals surface area (Å²) >= 11 is 0. The van der Waals surface area contributed by atoms with Crippen LogP contribution in [0.2, 0.25) is 0 Å². The summed E-state index contributed by atoms with van der Waals surface area (Å²) in [7, 11) is 0. The first-order valence-electron chi connectivity index (χ1n) is 6.14. The van der Waals surface area contributed by atoms with E-state index in [9.17, 15) is 0 Å². The molecule has 2 heterocycles. The van der Waals surface area contributed by atoms with Gasteiger partial charge >= 0.3 is 0 Å². The number of hydrogen-bond acceptors (Lipinski definition) is 4. The highest BCUT2D eigenvalue weighted by Gasteiger charge is 2.18. The van der Waals surface area contributed by atoms with Gasteiger partial charge in [-0.2, -0.15) is 5.26 Å². The molecule has 1 aromatic rings. The summed E-state index contributed by atoms with van der Waals surface area (Å²) in [4.78, 5) is 6.32. The van der Waals surface area contributed by atoms with Gasteiger partial charge in [-0.3, -0.25) is 0 Å². The summed E-state index contributed by atoms with van der Waals surface area (Å²) in [5.41, 5.74) is 7.19. The van der Waals surface area contributed by atoms with Crippen molar-refractivity contribution in [2.75, 3.05) is 24.5 Å². The highest BCUT2D eigenvalue weighted by molar-refractivity contribution is 5.48. The maximum absolute atomic E-state index is 8.83. The lowest BCUT2D eigenvalue weighted by molar-refractivity contribution is 0.386. The van der Waals surface area contributed by atoms with Crippen LogP contribution in [0.5, 0.6) is 0 Å². The van der Waals surface area contributed by atoms with Crippen molar-refractivity contribution in [3.8, 4) is 6.07 Å². The van der Waals surface area contributed by atoms with E-state index in [1.54, 1.807) is 6.20 Å². The number of aromatic nitrogens is 1. The third kappa shape index (κ3) is 2.95. The number of nitrogens with two attached hydrogens (primary N) is 1. The number of nitrogens with zero attached hydrogens (tertiary/aromatic N) is 3. The van der Waals surface area contributed by atoms with Crippen LogP contribution in [0.25, 0.3) is 0 Å². The van der Waals surface area contributed by atoms with Crippen LogP contribution in [0.1, 0.15) is 25.0 Å². The minimum atomic E-state index is 0.492. The number of nitriles is 1. The van der Waals surface area contributed by atoms with Gasteiger partial charge in [0.2, 0.25) is 0 Å². The standard InChI is InChI=1S/C13H18N4/c14-5-1-11-3-7-17(8-4-11)13-2-6-16-12(9-13)10-15/h2,6,9,11H,1,3-5,7-8,14H2. The van der Waals surface area contributed by atoms with Gasteiger partial charge in [0.25, 0.3) is 0 Å². The number of pyridine rings is 1. The number of anilines is 1. The van der Waals surface area contributed by atoms with E-state index in [0.717, 1.165) is 37.7 Å². The molecule has 0 unspecified atom stereocenters. The van der Waals surface area contributed by atoms with Crippen molar-refractivity contribution >= 4 is 5.69 Å². The Morgan fingerprint density at radius 1 is 1.47 bits per heavy atom. The first-order chi connectivity index (χ1) is 8.33. The van der Waals surface area contributed by atoms with Crippen molar-refractivity contribution in [3.05, 3.63) is 24.0 Å². The van der Waals surface area contributed by atoms with Crippen LogP contribution in [0.4, 0.5) is 5.69 Å². The quantitative estimate of drug-likeness (QED) is 0.855. The zero-order valence-corrected chi connectivity index (χ0v) is 9.97. The summed E-state index contributed by atoms with van der Waals surface area (Å²) in [5, 5.41) is 8.83. The van der Waals surface area contributed by atoms with E-state index >= 15 is 0 Å². The van der Waals surface area contributed by atoms with Crippen LogP contribution in [-0.4, -0.2) is 24.6 Å². The third-order valence-electron chi connectivity index (χ3n) is 3.41. The maximum atomic E-state index is 8.83. The molecule has 0 bridgehead atoms. The van der Waals surface area contributed by atoms with Gasteiger partial charge in [0.1, 0.15) is 11.8 Å². The Kier molecular flexibility index (Phi) is 3.94. The van der Waals surface area contributed by atoms with Gasteiger partial charge in [0.05, 0.1) is 0 Å². The molecule has 90 valence electrons. The topological polar surface area (TPSA) is 65.9 Å². The van der Waals surface area contributed by atoms with Gasteiger partial charge in [-0.25, -0.2) is 4.98 Å². The number of piperidine rings is 1. The molecule has 17 heavy (non-hydrogen) atoms. The fourth-order valence-electron chi connectivity index (χ4n) is 2.39. The van der Waals surface area contributed by atoms with Gasteiger partial charge < -0.3 is 10.6 Å². The van der Waals surface area contributed by atoms with E-state index < -0.39 is 0 Å². The molecule has 0 aromatic carbocycles. The zero-order chi connectivity index (χ0) is 12.1. The van der Waals surface area contributed by atoms with Crippen molar-refractivity contribution in [3.63, 3.8) is 0 Å². The lowest BCUT2D eigenvalue weighted by atomic mass is 9.93. The minimum absolute atomic E-state index is 0.492. The van der Waals surface area contributed by atoms with Crippen LogP contribution >= 0.6 is 0 Å². The summed E-state index contributed by atoms with van der Waals surface area (Å²) < 4.78 is 0. The van der Waals surface area contributed by atoms with Crippen LogP contribution in [0.3, 0.4) is 0 Å². The Morgan fingerprint density at radius 3 is 2.88 bits per heavy atom. The second-order valence-corrected chi connectivity index (χ2v) is 4.52. The molecule has 2 rings (SSSR count). The minimum Gasteiger partial charge on any atom is -0.371 e.